The summed E-state index contributed by atoms with van der Waals surface area (Å²) in [6, 6.07) is 14.3. The van der Waals surface area contributed by atoms with Crippen LogP contribution in [0.15, 0.2) is 59.5 Å². The quantitative estimate of drug-likeness (QED) is 0.583. The van der Waals surface area contributed by atoms with E-state index in [2.05, 4.69) is 15.4 Å². The molecule has 7 nitrogen and oxygen atoms in total. The predicted molar refractivity (Wildman–Crippen MR) is 103 cm³/mol. The maximum absolute atomic E-state index is 12.8. The van der Waals surface area contributed by atoms with Gasteiger partial charge in [-0.1, -0.05) is 24.3 Å². The summed E-state index contributed by atoms with van der Waals surface area (Å²) in [5.74, 6) is 0.201. The number of para-hydroxylation sites is 3. The number of hydrogen-bond donors (Lipinski definition) is 2. The number of ether oxygens (including phenoxy) is 1. The SMILES string of the molecule is CC(C)Oc1ccccc1NC(=O)c1cnn2c1[nH]c(=O)c1ccccc12. The van der Waals surface area contributed by atoms with Crippen molar-refractivity contribution in [2.75, 3.05) is 5.32 Å². The average Bonchev–Trinajstić information content (AvgIpc) is 3.07. The Hall–Kier alpha value is -3.61. The molecule has 2 heterocycles. The largest absolute Gasteiger partial charge is 0.489 e. The van der Waals surface area contributed by atoms with E-state index in [9.17, 15) is 9.59 Å². The van der Waals surface area contributed by atoms with E-state index in [4.69, 9.17) is 4.74 Å². The zero-order chi connectivity index (χ0) is 19.0. The summed E-state index contributed by atoms with van der Waals surface area (Å²) >= 11 is 0. The molecule has 2 N–H and O–H groups in total. The van der Waals surface area contributed by atoms with Crippen LogP contribution in [0.1, 0.15) is 24.2 Å². The van der Waals surface area contributed by atoms with Crippen LogP contribution in [0.25, 0.3) is 16.6 Å². The number of amides is 1. The van der Waals surface area contributed by atoms with Gasteiger partial charge in [-0.3, -0.25) is 9.59 Å². The van der Waals surface area contributed by atoms with Gasteiger partial charge in [-0.25, -0.2) is 4.52 Å². The van der Waals surface area contributed by atoms with Crippen molar-refractivity contribution in [1.82, 2.24) is 14.6 Å². The normalized spacial score (nSPS) is 11.2. The van der Waals surface area contributed by atoms with E-state index in [1.165, 1.54) is 6.20 Å². The van der Waals surface area contributed by atoms with Gasteiger partial charge in [-0.2, -0.15) is 5.10 Å². The van der Waals surface area contributed by atoms with Crippen molar-refractivity contribution in [1.29, 1.82) is 0 Å². The van der Waals surface area contributed by atoms with Crippen LogP contribution in [0, 0.1) is 0 Å². The highest BCUT2D eigenvalue weighted by Crippen LogP contribution is 2.26. The number of nitrogens with zero attached hydrogens (tertiary/aromatic N) is 2. The first-order chi connectivity index (χ1) is 13.0. The van der Waals surface area contributed by atoms with Crippen LogP contribution in [0.5, 0.6) is 5.75 Å². The molecular formula is C20H18N4O3. The molecule has 0 aliphatic rings. The van der Waals surface area contributed by atoms with Crippen LogP contribution < -0.4 is 15.6 Å². The number of fused-ring (bicyclic) bond motifs is 3. The number of benzene rings is 2. The van der Waals surface area contributed by atoms with Crippen molar-refractivity contribution in [2.45, 2.75) is 20.0 Å². The lowest BCUT2D eigenvalue weighted by Crippen LogP contribution is -2.16. The summed E-state index contributed by atoms with van der Waals surface area (Å²) in [5.41, 5.74) is 1.55. The second-order valence-electron chi connectivity index (χ2n) is 6.41. The molecule has 0 atom stereocenters. The van der Waals surface area contributed by atoms with Gasteiger partial charge in [-0.15, -0.1) is 0 Å². The summed E-state index contributed by atoms with van der Waals surface area (Å²) in [5, 5.41) is 7.62. The Balaban J connectivity index is 1.76. The number of rotatable bonds is 4. The molecule has 1 amide bonds. The fourth-order valence-electron chi connectivity index (χ4n) is 2.96. The Morgan fingerprint density at radius 3 is 2.70 bits per heavy atom. The van der Waals surface area contributed by atoms with Crippen molar-refractivity contribution in [3.05, 3.63) is 70.6 Å². The highest BCUT2D eigenvalue weighted by molar-refractivity contribution is 6.09. The first kappa shape index (κ1) is 16.8. The molecule has 0 aliphatic heterocycles. The van der Waals surface area contributed by atoms with Crippen LogP contribution >= 0.6 is 0 Å². The van der Waals surface area contributed by atoms with E-state index in [1.54, 1.807) is 34.8 Å². The third-order valence-electron chi connectivity index (χ3n) is 4.12. The molecule has 7 heteroatoms. The van der Waals surface area contributed by atoms with Gasteiger partial charge in [-0.05, 0) is 38.1 Å². The number of nitrogens with one attached hydrogen (secondary N) is 2. The Morgan fingerprint density at radius 1 is 1.15 bits per heavy atom. The van der Waals surface area contributed by atoms with Gasteiger partial charge in [0.25, 0.3) is 11.5 Å². The van der Waals surface area contributed by atoms with Crippen LogP contribution in [0.2, 0.25) is 0 Å². The molecule has 136 valence electrons. The number of carbonyl (C=O) groups is 1. The maximum Gasteiger partial charge on any atom is 0.261 e. The summed E-state index contributed by atoms with van der Waals surface area (Å²) in [6.07, 6.45) is 1.42. The molecule has 0 radical (unpaired) electrons. The monoisotopic (exact) mass is 362 g/mol. The van der Waals surface area contributed by atoms with Crippen molar-refractivity contribution >= 4 is 28.1 Å². The van der Waals surface area contributed by atoms with Crippen LogP contribution in [0.3, 0.4) is 0 Å². The second-order valence-corrected chi connectivity index (χ2v) is 6.41. The number of H-pyrrole nitrogens is 1. The smallest absolute Gasteiger partial charge is 0.261 e. The van der Waals surface area contributed by atoms with Crippen LogP contribution in [-0.4, -0.2) is 26.6 Å². The first-order valence-corrected chi connectivity index (χ1v) is 8.60. The Kier molecular flexibility index (Phi) is 4.12. The zero-order valence-corrected chi connectivity index (χ0v) is 14.9. The molecule has 2 aromatic carbocycles. The van der Waals surface area contributed by atoms with E-state index in [1.807, 2.05) is 32.0 Å². The van der Waals surface area contributed by atoms with Crippen LogP contribution in [0.4, 0.5) is 5.69 Å². The molecule has 0 aliphatic carbocycles. The highest BCUT2D eigenvalue weighted by atomic mass is 16.5. The van der Waals surface area contributed by atoms with E-state index in [0.717, 1.165) is 0 Å². The standard InChI is InChI=1S/C20H18N4O3/c1-12(2)27-17-10-6-4-8-15(17)22-20(26)14-11-21-24-16-9-5-3-7-13(16)19(25)23-18(14)24/h3-12H,1-2H3,(H,22,26)(H,23,25). The Labute approximate surface area is 154 Å². The molecule has 27 heavy (non-hydrogen) atoms. The van der Waals surface area contributed by atoms with Gasteiger partial charge in [0.1, 0.15) is 17.0 Å². The Morgan fingerprint density at radius 2 is 1.89 bits per heavy atom. The van der Waals surface area contributed by atoms with Crippen molar-refractivity contribution in [2.24, 2.45) is 0 Å². The molecule has 0 saturated carbocycles. The van der Waals surface area contributed by atoms with Crippen LogP contribution in [-0.2, 0) is 0 Å². The molecule has 0 unspecified atom stereocenters. The Bertz CT molecular complexity index is 1210. The van der Waals surface area contributed by atoms with Crippen molar-refractivity contribution in [3.8, 4) is 5.75 Å². The molecule has 2 aromatic heterocycles. The molecule has 0 fully saturated rings. The van der Waals surface area contributed by atoms with Crippen molar-refractivity contribution < 1.29 is 9.53 Å². The van der Waals surface area contributed by atoms with Gasteiger partial charge >= 0.3 is 0 Å². The van der Waals surface area contributed by atoms with E-state index in [-0.39, 0.29) is 23.1 Å². The summed E-state index contributed by atoms with van der Waals surface area (Å²) in [6.45, 7) is 3.83. The van der Waals surface area contributed by atoms with Crippen molar-refractivity contribution in [3.63, 3.8) is 0 Å². The summed E-state index contributed by atoms with van der Waals surface area (Å²) in [4.78, 5) is 27.9. The number of anilines is 1. The first-order valence-electron chi connectivity index (χ1n) is 8.60. The lowest BCUT2D eigenvalue weighted by atomic mass is 10.2. The minimum absolute atomic E-state index is 0.0252. The minimum Gasteiger partial charge on any atom is -0.489 e. The summed E-state index contributed by atoms with van der Waals surface area (Å²) < 4.78 is 7.29. The lowest BCUT2D eigenvalue weighted by molar-refractivity contribution is 0.102. The predicted octanol–water partition coefficient (Wildman–Crippen LogP) is 3.22. The number of hydrogen-bond acceptors (Lipinski definition) is 4. The van der Waals surface area contributed by atoms with E-state index in [0.29, 0.717) is 28.0 Å². The molecular weight excluding hydrogens is 344 g/mol. The topological polar surface area (TPSA) is 88.5 Å². The fourth-order valence-corrected chi connectivity index (χ4v) is 2.96. The van der Waals surface area contributed by atoms with Gasteiger partial charge in [0.15, 0.2) is 0 Å². The molecule has 0 spiro atoms. The zero-order valence-electron chi connectivity index (χ0n) is 14.9. The van der Waals surface area contributed by atoms with Gasteiger partial charge < -0.3 is 15.0 Å². The van der Waals surface area contributed by atoms with Gasteiger partial charge in [0.2, 0.25) is 0 Å². The van der Waals surface area contributed by atoms with E-state index < -0.39 is 0 Å². The third kappa shape index (κ3) is 3.03. The average molecular weight is 362 g/mol. The van der Waals surface area contributed by atoms with Gasteiger partial charge in [0, 0.05) is 0 Å². The molecule has 0 bridgehead atoms. The number of carbonyl (C=O) groups excluding carboxylic acids is 1. The second kappa shape index (κ2) is 6.60. The summed E-state index contributed by atoms with van der Waals surface area (Å²) in [7, 11) is 0. The fraction of sp³-hybridized carbons (Fsp3) is 0.150. The lowest BCUT2D eigenvalue weighted by Gasteiger charge is -2.14. The third-order valence-corrected chi connectivity index (χ3v) is 4.12. The van der Waals surface area contributed by atoms with E-state index >= 15 is 0 Å². The highest BCUT2D eigenvalue weighted by Gasteiger charge is 2.17. The molecule has 4 aromatic rings. The number of aromatic amines is 1. The molecule has 4 rings (SSSR count). The van der Waals surface area contributed by atoms with Gasteiger partial charge in [0.05, 0.1) is 28.9 Å². The minimum atomic E-state index is -0.379. The number of aromatic nitrogens is 3. The molecule has 0 saturated heterocycles. The maximum atomic E-state index is 12.8.